The first-order chi connectivity index (χ1) is 10.5. The molecule has 0 atom stereocenters. The minimum Gasteiger partial charge on any atom is -0.484 e. The number of rotatable bonds is 5. The highest BCUT2D eigenvalue weighted by molar-refractivity contribution is 6.30. The van der Waals surface area contributed by atoms with Gasteiger partial charge < -0.3 is 15.2 Å². The Balaban J connectivity index is 2.04. The van der Waals surface area contributed by atoms with Crippen molar-refractivity contribution in [1.82, 2.24) is 0 Å². The molecule has 0 bridgehead atoms. The molecule has 0 aliphatic rings. The van der Waals surface area contributed by atoms with Gasteiger partial charge in [0.2, 0.25) is 0 Å². The van der Waals surface area contributed by atoms with E-state index in [1.54, 1.807) is 49.4 Å². The van der Waals surface area contributed by atoms with Crippen LogP contribution in [-0.2, 0) is 4.79 Å². The summed E-state index contributed by atoms with van der Waals surface area (Å²) < 4.78 is 10.4. The van der Waals surface area contributed by atoms with Crippen molar-refractivity contribution in [1.29, 1.82) is 0 Å². The van der Waals surface area contributed by atoms with Crippen LogP contribution in [0.25, 0.3) is 0 Å². The first-order valence-electron chi connectivity index (χ1n) is 6.45. The summed E-state index contributed by atoms with van der Waals surface area (Å²) in [6.45, 7) is 1.59. The van der Waals surface area contributed by atoms with Crippen LogP contribution in [0.1, 0.15) is 15.9 Å². The molecule has 0 aromatic heterocycles. The van der Waals surface area contributed by atoms with Crippen LogP contribution >= 0.6 is 11.6 Å². The topological polar surface area (TPSA) is 78.6 Å². The second kappa shape index (κ2) is 6.95. The smallest absolute Gasteiger partial charge is 0.343 e. The maximum atomic E-state index is 12.1. The summed E-state index contributed by atoms with van der Waals surface area (Å²) >= 11 is 5.85. The van der Waals surface area contributed by atoms with Gasteiger partial charge in [0.05, 0.1) is 5.56 Å². The van der Waals surface area contributed by atoms with Crippen molar-refractivity contribution in [3.05, 3.63) is 58.6 Å². The van der Waals surface area contributed by atoms with Crippen LogP contribution in [0.5, 0.6) is 11.5 Å². The highest BCUT2D eigenvalue weighted by Gasteiger charge is 2.11. The Morgan fingerprint density at radius 3 is 2.41 bits per heavy atom. The highest BCUT2D eigenvalue weighted by atomic mass is 35.5. The summed E-state index contributed by atoms with van der Waals surface area (Å²) in [5.41, 5.74) is 6.11. The molecule has 0 saturated heterocycles. The first kappa shape index (κ1) is 15.9. The van der Waals surface area contributed by atoms with E-state index in [-0.39, 0.29) is 6.61 Å². The molecule has 2 aromatic carbocycles. The fourth-order valence-corrected chi connectivity index (χ4v) is 1.95. The monoisotopic (exact) mass is 319 g/mol. The maximum absolute atomic E-state index is 12.1. The van der Waals surface area contributed by atoms with E-state index in [2.05, 4.69) is 0 Å². The Bertz CT molecular complexity index is 698. The van der Waals surface area contributed by atoms with E-state index >= 15 is 0 Å². The van der Waals surface area contributed by atoms with Crippen LogP contribution in [0.4, 0.5) is 0 Å². The largest absolute Gasteiger partial charge is 0.484 e. The number of carbonyl (C=O) groups excluding carboxylic acids is 2. The van der Waals surface area contributed by atoms with E-state index in [1.165, 1.54) is 0 Å². The molecule has 0 unspecified atom stereocenters. The Morgan fingerprint density at radius 2 is 1.82 bits per heavy atom. The second-order valence-electron chi connectivity index (χ2n) is 4.58. The van der Waals surface area contributed by atoms with Crippen LogP contribution < -0.4 is 15.2 Å². The van der Waals surface area contributed by atoms with E-state index in [0.717, 1.165) is 5.56 Å². The molecule has 0 aliphatic heterocycles. The quantitative estimate of drug-likeness (QED) is 0.679. The van der Waals surface area contributed by atoms with Gasteiger partial charge in [-0.3, -0.25) is 4.79 Å². The lowest BCUT2D eigenvalue weighted by atomic mass is 10.2. The maximum Gasteiger partial charge on any atom is 0.343 e. The SMILES string of the molecule is Cc1cc(Cl)ccc1OC(=O)c1ccc(OCC(N)=O)cc1. The molecule has 22 heavy (non-hydrogen) atoms. The highest BCUT2D eigenvalue weighted by Crippen LogP contribution is 2.23. The molecule has 2 rings (SSSR count). The number of hydrogen-bond acceptors (Lipinski definition) is 4. The molecule has 0 radical (unpaired) electrons. The zero-order valence-electron chi connectivity index (χ0n) is 11.8. The fraction of sp³-hybridized carbons (Fsp3) is 0.125. The van der Waals surface area contributed by atoms with Crippen LogP contribution in [0.15, 0.2) is 42.5 Å². The molecule has 5 nitrogen and oxygen atoms in total. The van der Waals surface area contributed by atoms with Gasteiger partial charge in [-0.1, -0.05) is 11.6 Å². The number of amides is 1. The number of ether oxygens (including phenoxy) is 2. The van der Waals surface area contributed by atoms with Gasteiger partial charge in [-0.05, 0) is 55.0 Å². The zero-order valence-corrected chi connectivity index (χ0v) is 12.6. The molecule has 1 amide bonds. The van der Waals surface area contributed by atoms with Crippen molar-refractivity contribution >= 4 is 23.5 Å². The molecule has 2 N–H and O–H groups in total. The lowest BCUT2D eigenvalue weighted by Crippen LogP contribution is -2.20. The number of primary amides is 1. The van der Waals surface area contributed by atoms with Gasteiger partial charge >= 0.3 is 5.97 Å². The Kier molecular flexibility index (Phi) is 5.01. The van der Waals surface area contributed by atoms with Gasteiger partial charge in [0.1, 0.15) is 11.5 Å². The zero-order chi connectivity index (χ0) is 16.1. The van der Waals surface area contributed by atoms with E-state index in [0.29, 0.717) is 22.1 Å². The average molecular weight is 320 g/mol. The number of benzene rings is 2. The van der Waals surface area contributed by atoms with Crippen molar-refractivity contribution < 1.29 is 19.1 Å². The number of aryl methyl sites for hydroxylation is 1. The minimum absolute atomic E-state index is 0.215. The molecule has 0 aliphatic carbocycles. The summed E-state index contributed by atoms with van der Waals surface area (Å²) in [6.07, 6.45) is 0. The van der Waals surface area contributed by atoms with Gasteiger partial charge in [-0.2, -0.15) is 0 Å². The van der Waals surface area contributed by atoms with E-state index in [9.17, 15) is 9.59 Å². The molecule has 0 saturated carbocycles. The van der Waals surface area contributed by atoms with Crippen LogP contribution in [0.3, 0.4) is 0 Å². The summed E-state index contributed by atoms with van der Waals surface area (Å²) in [6, 6.07) is 11.2. The van der Waals surface area contributed by atoms with E-state index in [4.69, 9.17) is 26.8 Å². The van der Waals surface area contributed by atoms with Crippen molar-refractivity contribution in [2.75, 3.05) is 6.61 Å². The number of halogens is 1. The lowest BCUT2D eigenvalue weighted by molar-refractivity contribution is -0.119. The third-order valence-corrected chi connectivity index (χ3v) is 3.05. The standard InChI is InChI=1S/C16H14ClNO4/c1-10-8-12(17)4-7-14(10)22-16(20)11-2-5-13(6-3-11)21-9-15(18)19/h2-8H,9H2,1H3,(H2,18,19). The molecular weight excluding hydrogens is 306 g/mol. The summed E-state index contributed by atoms with van der Waals surface area (Å²) in [5.74, 6) is -0.171. The van der Waals surface area contributed by atoms with Gasteiger partial charge in [-0.15, -0.1) is 0 Å². The molecule has 0 fully saturated rings. The molecule has 0 heterocycles. The van der Waals surface area contributed by atoms with Crippen LogP contribution in [-0.4, -0.2) is 18.5 Å². The van der Waals surface area contributed by atoms with Crippen LogP contribution in [0.2, 0.25) is 5.02 Å². The molecule has 114 valence electrons. The summed E-state index contributed by atoms with van der Waals surface area (Å²) in [7, 11) is 0. The average Bonchev–Trinajstić information content (AvgIpc) is 2.48. The first-order valence-corrected chi connectivity index (χ1v) is 6.83. The molecule has 6 heteroatoms. The van der Waals surface area contributed by atoms with Crippen molar-refractivity contribution in [3.63, 3.8) is 0 Å². The summed E-state index contributed by atoms with van der Waals surface area (Å²) in [4.78, 5) is 22.7. The molecule has 2 aromatic rings. The van der Waals surface area contributed by atoms with Gasteiger partial charge in [-0.25, -0.2) is 4.79 Å². The van der Waals surface area contributed by atoms with E-state index in [1.807, 2.05) is 0 Å². The van der Waals surface area contributed by atoms with E-state index < -0.39 is 11.9 Å². The Labute approximate surface area is 132 Å². The lowest BCUT2D eigenvalue weighted by Gasteiger charge is -2.08. The van der Waals surface area contributed by atoms with Gasteiger partial charge in [0.15, 0.2) is 6.61 Å². The van der Waals surface area contributed by atoms with Crippen molar-refractivity contribution in [3.8, 4) is 11.5 Å². The normalized spacial score (nSPS) is 10.1. The Morgan fingerprint density at radius 1 is 1.14 bits per heavy atom. The van der Waals surface area contributed by atoms with Gasteiger partial charge in [0.25, 0.3) is 5.91 Å². The Hall–Kier alpha value is -2.53. The number of hydrogen-bond donors (Lipinski definition) is 1. The number of carbonyl (C=O) groups is 2. The molecule has 0 spiro atoms. The minimum atomic E-state index is -0.568. The summed E-state index contributed by atoms with van der Waals surface area (Å²) in [5, 5.41) is 0.577. The van der Waals surface area contributed by atoms with Crippen molar-refractivity contribution in [2.24, 2.45) is 5.73 Å². The number of esters is 1. The third-order valence-electron chi connectivity index (χ3n) is 2.81. The predicted octanol–water partition coefficient (Wildman–Crippen LogP) is 2.73. The van der Waals surface area contributed by atoms with Crippen LogP contribution in [0, 0.1) is 6.92 Å². The van der Waals surface area contributed by atoms with Crippen molar-refractivity contribution in [2.45, 2.75) is 6.92 Å². The van der Waals surface area contributed by atoms with Gasteiger partial charge in [0, 0.05) is 5.02 Å². The second-order valence-corrected chi connectivity index (χ2v) is 5.02. The predicted molar refractivity (Wildman–Crippen MR) is 82.3 cm³/mol. The molecular formula is C16H14ClNO4. The third kappa shape index (κ3) is 4.23. The fourth-order valence-electron chi connectivity index (χ4n) is 1.73. The number of nitrogens with two attached hydrogens (primary N) is 1.